The summed E-state index contributed by atoms with van der Waals surface area (Å²) in [4.78, 5) is 42.0. The minimum atomic E-state index is -0.328. The van der Waals surface area contributed by atoms with Crippen LogP contribution in [0.3, 0.4) is 0 Å². The van der Waals surface area contributed by atoms with E-state index in [0.717, 1.165) is 5.56 Å². The number of aromatic nitrogens is 1. The second-order valence-electron chi connectivity index (χ2n) is 8.19. The summed E-state index contributed by atoms with van der Waals surface area (Å²) in [6.45, 7) is 5.38. The molecular weight excluding hydrogens is 378 g/mol. The molecule has 0 bridgehead atoms. The summed E-state index contributed by atoms with van der Waals surface area (Å²) >= 11 is 0. The summed E-state index contributed by atoms with van der Waals surface area (Å²) in [5.74, 6) is -0.00430. The van der Waals surface area contributed by atoms with Crippen molar-refractivity contribution in [1.29, 1.82) is 0 Å². The summed E-state index contributed by atoms with van der Waals surface area (Å²) in [6, 6.07) is 13.5. The van der Waals surface area contributed by atoms with Crippen LogP contribution in [0.25, 0.3) is 0 Å². The maximum absolute atomic E-state index is 13.0. The Kier molecular flexibility index (Phi) is 5.33. The molecule has 3 heterocycles. The van der Waals surface area contributed by atoms with Gasteiger partial charge in [-0.25, -0.2) is 0 Å². The van der Waals surface area contributed by atoms with Gasteiger partial charge < -0.3 is 14.4 Å². The van der Waals surface area contributed by atoms with E-state index in [1.807, 2.05) is 23.1 Å². The Balaban J connectivity index is 1.61. The number of piperidine rings is 1. The van der Waals surface area contributed by atoms with Crippen LogP contribution >= 0.6 is 0 Å². The van der Waals surface area contributed by atoms with Crippen LogP contribution in [0.2, 0.25) is 0 Å². The van der Waals surface area contributed by atoms with Crippen molar-refractivity contribution in [2.75, 3.05) is 19.6 Å². The molecule has 0 saturated carbocycles. The highest BCUT2D eigenvalue weighted by atomic mass is 16.2. The number of aryl methyl sites for hydroxylation is 1. The third-order valence-electron chi connectivity index (χ3n) is 6.65. The van der Waals surface area contributed by atoms with Gasteiger partial charge in [0.1, 0.15) is 5.56 Å². The highest BCUT2D eigenvalue weighted by Crippen LogP contribution is 2.48. The largest absolute Gasteiger partial charge is 0.338 e. The monoisotopic (exact) mass is 405 g/mol. The van der Waals surface area contributed by atoms with Gasteiger partial charge in [0.2, 0.25) is 5.91 Å². The first-order valence-corrected chi connectivity index (χ1v) is 10.4. The zero-order valence-corrected chi connectivity index (χ0v) is 17.3. The average Bonchev–Trinajstić information content (AvgIpc) is 3.03. The van der Waals surface area contributed by atoms with Crippen molar-refractivity contribution < 1.29 is 9.59 Å². The third kappa shape index (κ3) is 3.26. The number of carbonyl (C=O) groups is 2. The maximum Gasteiger partial charge on any atom is 0.263 e. The number of likely N-dealkylation sites (tertiary alicyclic amines) is 2. The molecule has 1 spiro atoms. The fraction of sp³-hybridized carbons (Fsp3) is 0.375. The molecule has 1 atom stereocenters. The Labute approximate surface area is 176 Å². The maximum atomic E-state index is 13.0. The average molecular weight is 405 g/mol. The molecule has 6 nitrogen and oxygen atoms in total. The van der Waals surface area contributed by atoms with E-state index in [4.69, 9.17) is 0 Å². The van der Waals surface area contributed by atoms with Crippen molar-refractivity contribution in [3.05, 3.63) is 82.8 Å². The number of pyridine rings is 1. The minimum absolute atomic E-state index is 0.0907. The zero-order valence-electron chi connectivity index (χ0n) is 17.3. The van der Waals surface area contributed by atoms with Gasteiger partial charge in [0.05, 0.1) is 5.54 Å². The lowest BCUT2D eigenvalue weighted by atomic mass is 9.73. The number of hydrogen-bond acceptors (Lipinski definition) is 3. The minimum Gasteiger partial charge on any atom is -0.338 e. The molecule has 2 fully saturated rings. The van der Waals surface area contributed by atoms with E-state index < -0.39 is 0 Å². The van der Waals surface area contributed by atoms with Gasteiger partial charge in [-0.2, -0.15) is 0 Å². The van der Waals surface area contributed by atoms with Crippen molar-refractivity contribution in [1.82, 2.24) is 14.4 Å². The van der Waals surface area contributed by atoms with Gasteiger partial charge in [0.25, 0.3) is 11.5 Å². The molecule has 2 amide bonds. The standard InChI is InChI=1S/C24H27N3O3/c1-3-13-27-21(28)17-20(18-8-5-4-6-9-18)24(27)11-15-26(16-12-24)23(30)19-10-7-14-25(2)22(19)29/h3-10,14,20H,1,11-13,15-17H2,2H3. The van der Waals surface area contributed by atoms with Crippen molar-refractivity contribution in [3.63, 3.8) is 0 Å². The second kappa shape index (κ2) is 7.94. The van der Waals surface area contributed by atoms with E-state index in [-0.39, 0.29) is 34.4 Å². The molecule has 30 heavy (non-hydrogen) atoms. The van der Waals surface area contributed by atoms with Gasteiger partial charge in [-0.15, -0.1) is 6.58 Å². The van der Waals surface area contributed by atoms with Crippen LogP contribution in [0.5, 0.6) is 0 Å². The fourth-order valence-corrected chi connectivity index (χ4v) is 5.08. The first-order valence-electron chi connectivity index (χ1n) is 10.4. The van der Waals surface area contributed by atoms with E-state index >= 15 is 0 Å². The number of hydrogen-bond donors (Lipinski definition) is 0. The SMILES string of the molecule is C=CCN1C(=O)CC(c2ccccc2)C12CCN(C(=O)c1cccn(C)c1=O)CC2. The molecule has 0 radical (unpaired) electrons. The summed E-state index contributed by atoms with van der Waals surface area (Å²) in [5, 5.41) is 0. The number of carbonyl (C=O) groups excluding carboxylic acids is 2. The van der Waals surface area contributed by atoms with Gasteiger partial charge in [0.15, 0.2) is 0 Å². The van der Waals surface area contributed by atoms with E-state index in [1.165, 1.54) is 4.57 Å². The lowest BCUT2D eigenvalue weighted by Crippen LogP contribution is -2.56. The lowest BCUT2D eigenvalue weighted by molar-refractivity contribution is -0.131. The molecule has 1 aromatic carbocycles. The molecule has 0 N–H and O–H groups in total. The molecule has 2 aliphatic rings. The number of rotatable bonds is 4. The second-order valence-corrected chi connectivity index (χ2v) is 8.19. The summed E-state index contributed by atoms with van der Waals surface area (Å²) in [5.41, 5.74) is 0.745. The predicted octanol–water partition coefficient (Wildman–Crippen LogP) is 2.56. The molecule has 6 heteroatoms. The lowest BCUT2D eigenvalue weighted by Gasteiger charge is -2.47. The Bertz CT molecular complexity index is 1020. The van der Waals surface area contributed by atoms with Crippen LogP contribution in [0.1, 0.15) is 41.1 Å². The van der Waals surface area contributed by atoms with Crippen molar-refractivity contribution >= 4 is 11.8 Å². The van der Waals surface area contributed by atoms with Crippen molar-refractivity contribution in [2.24, 2.45) is 7.05 Å². The summed E-state index contributed by atoms with van der Waals surface area (Å²) in [7, 11) is 1.64. The molecule has 1 aromatic heterocycles. The molecule has 4 rings (SSSR count). The summed E-state index contributed by atoms with van der Waals surface area (Å²) < 4.78 is 1.42. The first-order chi connectivity index (χ1) is 14.5. The highest BCUT2D eigenvalue weighted by Gasteiger charge is 2.54. The predicted molar refractivity (Wildman–Crippen MR) is 115 cm³/mol. The van der Waals surface area contributed by atoms with Crippen molar-refractivity contribution in [3.8, 4) is 0 Å². The van der Waals surface area contributed by atoms with Gasteiger partial charge in [-0.3, -0.25) is 14.4 Å². The quantitative estimate of drug-likeness (QED) is 0.735. The smallest absolute Gasteiger partial charge is 0.263 e. The first kappa shape index (κ1) is 20.1. The Morgan fingerprint density at radius 2 is 1.83 bits per heavy atom. The summed E-state index contributed by atoms with van der Waals surface area (Å²) in [6.07, 6.45) is 5.27. The van der Waals surface area contributed by atoms with Crippen LogP contribution in [-0.2, 0) is 11.8 Å². The topological polar surface area (TPSA) is 62.6 Å². The number of amides is 2. The Hall–Kier alpha value is -3.15. The molecule has 156 valence electrons. The van der Waals surface area contributed by atoms with Gasteiger partial charge in [-0.05, 0) is 30.5 Å². The van der Waals surface area contributed by atoms with Gasteiger partial charge >= 0.3 is 0 Å². The van der Waals surface area contributed by atoms with Crippen LogP contribution < -0.4 is 5.56 Å². The van der Waals surface area contributed by atoms with E-state index in [1.54, 1.807) is 36.4 Å². The molecule has 2 saturated heterocycles. The fourth-order valence-electron chi connectivity index (χ4n) is 5.08. The molecular formula is C24H27N3O3. The van der Waals surface area contributed by atoms with E-state index in [2.05, 4.69) is 18.7 Å². The normalized spacial score (nSPS) is 20.6. The van der Waals surface area contributed by atoms with Gasteiger partial charge in [0, 0.05) is 45.2 Å². The zero-order chi connectivity index (χ0) is 21.3. The Morgan fingerprint density at radius 3 is 2.50 bits per heavy atom. The van der Waals surface area contributed by atoms with Gasteiger partial charge in [-0.1, -0.05) is 36.4 Å². The molecule has 2 aliphatic heterocycles. The molecule has 0 aliphatic carbocycles. The Morgan fingerprint density at radius 1 is 1.13 bits per heavy atom. The van der Waals surface area contributed by atoms with Crippen molar-refractivity contribution in [2.45, 2.75) is 30.7 Å². The molecule has 1 unspecified atom stereocenters. The van der Waals surface area contributed by atoms with Crippen LogP contribution in [-0.4, -0.2) is 51.4 Å². The molecule has 2 aromatic rings. The van der Waals surface area contributed by atoms with E-state index in [0.29, 0.717) is 38.9 Å². The van der Waals surface area contributed by atoms with Crippen LogP contribution in [0.4, 0.5) is 0 Å². The number of benzene rings is 1. The third-order valence-corrected chi connectivity index (χ3v) is 6.65. The van der Waals surface area contributed by atoms with E-state index in [9.17, 15) is 14.4 Å². The number of nitrogens with zero attached hydrogens (tertiary/aromatic N) is 3. The van der Waals surface area contributed by atoms with Crippen LogP contribution in [0.15, 0.2) is 66.1 Å². The highest BCUT2D eigenvalue weighted by molar-refractivity contribution is 5.94. The van der Waals surface area contributed by atoms with Crippen LogP contribution in [0, 0.1) is 0 Å².